The molecule has 2 atom stereocenters. The fourth-order valence-electron chi connectivity index (χ4n) is 3.49. The number of nitrogens with one attached hydrogen (secondary N) is 1. The van der Waals surface area contributed by atoms with E-state index in [-0.39, 0.29) is 23.5 Å². The van der Waals surface area contributed by atoms with Crippen LogP contribution in [-0.2, 0) is 19.7 Å². The average Bonchev–Trinajstić information content (AvgIpc) is 3.17. The lowest BCUT2D eigenvalue weighted by molar-refractivity contribution is -0.149. The molecule has 1 amide bonds. The van der Waals surface area contributed by atoms with Gasteiger partial charge in [0.25, 0.3) is 0 Å². The minimum absolute atomic E-state index is 0.151. The summed E-state index contributed by atoms with van der Waals surface area (Å²) in [6.45, 7) is 6.87. The summed E-state index contributed by atoms with van der Waals surface area (Å²) in [5.41, 5.74) is 1.47. The molecule has 0 aromatic heterocycles. The van der Waals surface area contributed by atoms with E-state index in [1.807, 2.05) is 39.0 Å². The summed E-state index contributed by atoms with van der Waals surface area (Å²) in [4.78, 5) is 23.8. The molecule has 124 valence electrons. The van der Waals surface area contributed by atoms with E-state index in [0.717, 1.165) is 18.4 Å². The fraction of sp³-hybridized carbons (Fsp3) is 0.556. The van der Waals surface area contributed by atoms with Gasteiger partial charge in [-0.1, -0.05) is 24.3 Å². The second-order valence-electron chi connectivity index (χ2n) is 7.40. The molecule has 1 aromatic rings. The number of carbonyl (C=O) groups excluding carboxylic acids is 2. The van der Waals surface area contributed by atoms with Crippen molar-refractivity contribution in [3.63, 3.8) is 0 Å². The van der Waals surface area contributed by atoms with E-state index in [1.165, 1.54) is 12.5 Å². The van der Waals surface area contributed by atoms with Crippen molar-refractivity contribution in [1.82, 2.24) is 5.32 Å². The van der Waals surface area contributed by atoms with Crippen LogP contribution < -0.4 is 5.32 Å². The summed E-state index contributed by atoms with van der Waals surface area (Å²) in [7, 11) is 0. The molecule has 1 saturated carbocycles. The van der Waals surface area contributed by atoms with E-state index in [2.05, 4.69) is 11.4 Å². The Bertz CT molecular complexity index is 643. The van der Waals surface area contributed by atoms with Gasteiger partial charge in [0.15, 0.2) is 0 Å². The predicted octanol–water partition coefficient (Wildman–Crippen LogP) is 3.23. The van der Waals surface area contributed by atoms with E-state index in [1.54, 1.807) is 0 Å². The molecule has 1 aromatic carbocycles. The van der Waals surface area contributed by atoms with Crippen LogP contribution in [-0.4, -0.2) is 23.8 Å². The number of amides is 1. The van der Waals surface area contributed by atoms with E-state index in [4.69, 9.17) is 9.47 Å². The van der Waals surface area contributed by atoms with Crippen molar-refractivity contribution >= 4 is 12.1 Å². The largest absolute Gasteiger partial charge is 0.459 e. The lowest BCUT2D eigenvalue weighted by Crippen LogP contribution is -2.41. The first-order valence-electron chi connectivity index (χ1n) is 7.99. The molecule has 1 N–H and O–H groups in total. The molecule has 0 unspecified atom stereocenters. The number of fused-ring (bicyclic) bond motifs is 2. The van der Waals surface area contributed by atoms with Crippen molar-refractivity contribution < 1.29 is 19.1 Å². The zero-order valence-corrected chi connectivity index (χ0v) is 14.0. The number of esters is 1. The SMILES string of the molecule is CC(=O)O[C@H]1[C@H](NC(=O)OC(C)(C)C)c2ccccc2C12CC2. The molecule has 3 rings (SSSR count). The third-order valence-electron chi connectivity index (χ3n) is 4.43. The van der Waals surface area contributed by atoms with Crippen LogP contribution in [0.25, 0.3) is 0 Å². The Morgan fingerprint density at radius 3 is 2.43 bits per heavy atom. The van der Waals surface area contributed by atoms with E-state index in [9.17, 15) is 9.59 Å². The third kappa shape index (κ3) is 2.92. The Labute approximate surface area is 136 Å². The molecular weight excluding hydrogens is 294 g/mol. The maximum Gasteiger partial charge on any atom is 0.408 e. The van der Waals surface area contributed by atoms with Crippen molar-refractivity contribution in [1.29, 1.82) is 0 Å². The van der Waals surface area contributed by atoms with Gasteiger partial charge in [-0.05, 0) is 44.7 Å². The number of alkyl carbamates (subject to hydrolysis) is 1. The highest BCUT2D eigenvalue weighted by atomic mass is 16.6. The van der Waals surface area contributed by atoms with Gasteiger partial charge in [0.1, 0.15) is 11.7 Å². The molecule has 0 aliphatic heterocycles. The number of benzene rings is 1. The number of hydrogen-bond acceptors (Lipinski definition) is 4. The highest BCUT2D eigenvalue weighted by molar-refractivity contribution is 5.71. The van der Waals surface area contributed by atoms with Crippen molar-refractivity contribution in [2.24, 2.45) is 0 Å². The van der Waals surface area contributed by atoms with Gasteiger partial charge in [-0.3, -0.25) is 4.79 Å². The smallest absolute Gasteiger partial charge is 0.408 e. The molecule has 0 bridgehead atoms. The third-order valence-corrected chi connectivity index (χ3v) is 4.43. The molecule has 0 radical (unpaired) electrons. The molecule has 2 aliphatic carbocycles. The lowest BCUT2D eigenvalue weighted by atomic mass is 9.96. The van der Waals surface area contributed by atoms with Gasteiger partial charge in [-0.25, -0.2) is 4.79 Å². The van der Waals surface area contributed by atoms with Crippen LogP contribution in [0.5, 0.6) is 0 Å². The molecule has 1 fully saturated rings. The fourth-order valence-corrected chi connectivity index (χ4v) is 3.49. The Morgan fingerprint density at radius 2 is 1.87 bits per heavy atom. The van der Waals surface area contributed by atoms with Gasteiger partial charge < -0.3 is 14.8 Å². The second kappa shape index (κ2) is 5.25. The summed E-state index contributed by atoms with van der Waals surface area (Å²) in [5.74, 6) is -0.329. The van der Waals surface area contributed by atoms with Crippen LogP contribution in [0.1, 0.15) is 57.7 Å². The normalized spacial score (nSPS) is 24.0. The van der Waals surface area contributed by atoms with Crippen LogP contribution in [0, 0.1) is 0 Å². The first kappa shape index (κ1) is 15.8. The summed E-state index contributed by atoms with van der Waals surface area (Å²) < 4.78 is 11.0. The zero-order chi connectivity index (χ0) is 16.8. The van der Waals surface area contributed by atoms with E-state index in [0.29, 0.717) is 0 Å². The standard InChI is InChI=1S/C18H23NO4/c1-11(20)22-15-14(19-16(21)23-17(2,3)4)12-7-5-6-8-13(12)18(15)9-10-18/h5-8,14-15H,9-10H2,1-4H3,(H,19,21)/t14-,15+/m1/s1. The van der Waals surface area contributed by atoms with Crippen LogP contribution in [0.2, 0.25) is 0 Å². The van der Waals surface area contributed by atoms with Crippen LogP contribution in [0.3, 0.4) is 0 Å². The summed E-state index contributed by atoms with van der Waals surface area (Å²) in [6, 6.07) is 7.61. The first-order valence-corrected chi connectivity index (χ1v) is 7.99. The predicted molar refractivity (Wildman–Crippen MR) is 85.0 cm³/mol. The number of rotatable bonds is 2. The quantitative estimate of drug-likeness (QED) is 0.851. The Hall–Kier alpha value is -2.04. The van der Waals surface area contributed by atoms with E-state index >= 15 is 0 Å². The summed E-state index contributed by atoms with van der Waals surface area (Å²) in [6.07, 6.45) is 1.07. The Morgan fingerprint density at radius 1 is 1.22 bits per heavy atom. The Balaban J connectivity index is 1.89. The Kier molecular flexibility index (Phi) is 3.62. The first-order chi connectivity index (χ1) is 10.7. The van der Waals surface area contributed by atoms with Crippen molar-refractivity contribution in [2.45, 2.75) is 63.7 Å². The van der Waals surface area contributed by atoms with Crippen molar-refractivity contribution in [2.75, 3.05) is 0 Å². The number of carbonyl (C=O) groups is 2. The molecule has 1 spiro atoms. The minimum atomic E-state index is -0.573. The second-order valence-corrected chi connectivity index (χ2v) is 7.40. The van der Waals surface area contributed by atoms with Crippen LogP contribution in [0.4, 0.5) is 4.79 Å². The molecule has 23 heavy (non-hydrogen) atoms. The monoisotopic (exact) mass is 317 g/mol. The molecule has 0 saturated heterocycles. The minimum Gasteiger partial charge on any atom is -0.459 e. The summed E-state index contributed by atoms with van der Waals surface area (Å²) >= 11 is 0. The zero-order valence-electron chi connectivity index (χ0n) is 14.0. The molecule has 0 heterocycles. The van der Waals surface area contributed by atoms with Crippen LogP contribution >= 0.6 is 0 Å². The van der Waals surface area contributed by atoms with Crippen molar-refractivity contribution in [3.8, 4) is 0 Å². The maximum atomic E-state index is 12.2. The lowest BCUT2D eigenvalue weighted by Gasteiger charge is -2.27. The molecular formula is C18H23NO4. The number of hydrogen-bond donors (Lipinski definition) is 1. The molecule has 5 heteroatoms. The highest BCUT2D eigenvalue weighted by Crippen LogP contribution is 2.61. The average molecular weight is 317 g/mol. The van der Waals surface area contributed by atoms with Gasteiger partial charge in [-0.15, -0.1) is 0 Å². The molecule has 5 nitrogen and oxygen atoms in total. The van der Waals surface area contributed by atoms with Gasteiger partial charge >= 0.3 is 12.1 Å². The highest BCUT2D eigenvalue weighted by Gasteiger charge is 2.61. The topological polar surface area (TPSA) is 64.6 Å². The van der Waals surface area contributed by atoms with Gasteiger partial charge in [-0.2, -0.15) is 0 Å². The van der Waals surface area contributed by atoms with Crippen LogP contribution in [0.15, 0.2) is 24.3 Å². The molecule has 2 aliphatic rings. The maximum absolute atomic E-state index is 12.2. The van der Waals surface area contributed by atoms with Gasteiger partial charge in [0.05, 0.1) is 6.04 Å². The summed E-state index contributed by atoms with van der Waals surface area (Å²) in [5, 5.41) is 2.90. The van der Waals surface area contributed by atoms with Gasteiger partial charge in [0, 0.05) is 12.3 Å². The number of ether oxygens (including phenoxy) is 2. The van der Waals surface area contributed by atoms with Crippen molar-refractivity contribution in [3.05, 3.63) is 35.4 Å². The van der Waals surface area contributed by atoms with E-state index < -0.39 is 11.7 Å². The van der Waals surface area contributed by atoms with Gasteiger partial charge in [0.2, 0.25) is 0 Å².